The van der Waals surface area contributed by atoms with Crippen LogP contribution in [0.5, 0.6) is 0 Å². The van der Waals surface area contributed by atoms with E-state index in [1.165, 1.54) is 16.8 Å². The van der Waals surface area contributed by atoms with Gasteiger partial charge in [0.05, 0.1) is 19.3 Å². The van der Waals surface area contributed by atoms with E-state index in [0.717, 1.165) is 39.3 Å². The number of fused-ring (bicyclic) bond motifs is 1. The summed E-state index contributed by atoms with van der Waals surface area (Å²) in [6, 6.07) is 16.4. The van der Waals surface area contributed by atoms with Crippen molar-refractivity contribution >= 4 is 11.6 Å². The molecule has 0 radical (unpaired) electrons. The molecule has 1 amide bonds. The number of nitrogens with one attached hydrogen (secondary N) is 1. The lowest BCUT2D eigenvalue weighted by Crippen LogP contribution is -2.43. The molecule has 142 valence electrons. The number of rotatable bonds is 5. The number of amides is 1. The minimum absolute atomic E-state index is 0.0187. The zero-order valence-corrected chi connectivity index (χ0v) is 15.9. The van der Waals surface area contributed by atoms with Gasteiger partial charge in [0, 0.05) is 44.5 Å². The molecule has 0 aliphatic carbocycles. The maximum atomic E-state index is 12.5. The quantitative estimate of drug-likeness (QED) is 0.884. The van der Waals surface area contributed by atoms with Gasteiger partial charge in [-0.25, -0.2) is 0 Å². The van der Waals surface area contributed by atoms with Gasteiger partial charge in [-0.1, -0.05) is 30.3 Å². The molecule has 2 aliphatic rings. The third-order valence-electron chi connectivity index (χ3n) is 5.59. The average molecular weight is 365 g/mol. The SMILES string of the molecule is CN1CCc2cc([C@@H](CNC(=O)c3ccccc3)N3CCOCC3)ccc21. The van der Waals surface area contributed by atoms with E-state index in [-0.39, 0.29) is 11.9 Å². The topological polar surface area (TPSA) is 44.8 Å². The van der Waals surface area contributed by atoms with E-state index in [1.54, 1.807) is 0 Å². The zero-order valence-electron chi connectivity index (χ0n) is 15.9. The van der Waals surface area contributed by atoms with Crippen LogP contribution in [0.25, 0.3) is 0 Å². The van der Waals surface area contributed by atoms with Gasteiger partial charge in [0.2, 0.25) is 0 Å². The minimum atomic E-state index is -0.0187. The average Bonchev–Trinajstić information content (AvgIpc) is 3.10. The van der Waals surface area contributed by atoms with Crippen molar-refractivity contribution in [2.24, 2.45) is 0 Å². The summed E-state index contributed by atoms with van der Waals surface area (Å²) in [5, 5.41) is 3.14. The molecule has 27 heavy (non-hydrogen) atoms. The van der Waals surface area contributed by atoms with E-state index in [2.05, 4.69) is 40.4 Å². The lowest BCUT2D eigenvalue weighted by atomic mass is 10.00. The monoisotopic (exact) mass is 365 g/mol. The Hall–Kier alpha value is -2.37. The number of morpholine rings is 1. The van der Waals surface area contributed by atoms with Crippen LogP contribution in [0.15, 0.2) is 48.5 Å². The molecular formula is C22H27N3O2. The molecule has 2 aromatic carbocycles. The van der Waals surface area contributed by atoms with Crippen LogP contribution in [0.4, 0.5) is 5.69 Å². The summed E-state index contributed by atoms with van der Waals surface area (Å²) in [6.45, 7) is 4.95. The van der Waals surface area contributed by atoms with E-state index >= 15 is 0 Å². The van der Waals surface area contributed by atoms with Crippen molar-refractivity contribution in [3.63, 3.8) is 0 Å². The molecular weight excluding hydrogens is 338 g/mol. The Bertz CT molecular complexity index is 787. The highest BCUT2D eigenvalue weighted by atomic mass is 16.5. The molecule has 1 atom stereocenters. The number of anilines is 1. The fourth-order valence-corrected chi connectivity index (χ4v) is 4.02. The molecule has 2 aromatic rings. The Kier molecular flexibility index (Phi) is 5.41. The summed E-state index contributed by atoms with van der Waals surface area (Å²) >= 11 is 0. The molecule has 0 saturated carbocycles. The number of hydrogen-bond donors (Lipinski definition) is 1. The number of carbonyl (C=O) groups is 1. The molecule has 1 N–H and O–H groups in total. The first-order chi connectivity index (χ1) is 13.2. The van der Waals surface area contributed by atoms with E-state index in [0.29, 0.717) is 12.1 Å². The zero-order chi connectivity index (χ0) is 18.6. The standard InChI is InChI=1S/C22H27N3O2/c1-24-10-9-19-15-18(7-8-20(19)24)21(25-11-13-27-14-12-25)16-23-22(26)17-5-3-2-4-6-17/h2-8,15,21H,9-14,16H2,1H3,(H,23,26)/t21-/m1/s1. The van der Waals surface area contributed by atoms with Crippen molar-refractivity contribution in [3.05, 3.63) is 65.2 Å². The molecule has 2 heterocycles. The predicted molar refractivity (Wildman–Crippen MR) is 107 cm³/mol. The van der Waals surface area contributed by atoms with E-state index in [1.807, 2.05) is 30.3 Å². The number of ether oxygens (including phenoxy) is 1. The van der Waals surface area contributed by atoms with Crippen LogP contribution in [-0.4, -0.2) is 57.2 Å². The minimum Gasteiger partial charge on any atom is -0.379 e. The summed E-state index contributed by atoms with van der Waals surface area (Å²) in [6.07, 6.45) is 1.09. The van der Waals surface area contributed by atoms with Gasteiger partial charge >= 0.3 is 0 Å². The molecule has 0 bridgehead atoms. The highest BCUT2D eigenvalue weighted by Gasteiger charge is 2.25. The van der Waals surface area contributed by atoms with Gasteiger partial charge < -0.3 is 15.0 Å². The number of carbonyl (C=O) groups excluding carboxylic acids is 1. The maximum Gasteiger partial charge on any atom is 0.251 e. The third-order valence-corrected chi connectivity index (χ3v) is 5.59. The predicted octanol–water partition coefficient (Wildman–Crippen LogP) is 2.48. The van der Waals surface area contributed by atoms with Gasteiger partial charge in [-0.05, 0) is 35.7 Å². The molecule has 2 aliphatic heterocycles. The summed E-state index contributed by atoms with van der Waals surface area (Å²) < 4.78 is 5.53. The second-order valence-corrected chi connectivity index (χ2v) is 7.30. The van der Waals surface area contributed by atoms with Gasteiger partial charge in [0.1, 0.15) is 0 Å². The van der Waals surface area contributed by atoms with Crippen molar-refractivity contribution in [3.8, 4) is 0 Å². The Morgan fingerprint density at radius 2 is 1.89 bits per heavy atom. The fourth-order valence-electron chi connectivity index (χ4n) is 4.02. The molecule has 1 fully saturated rings. The summed E-state index contributed by atoms with van der Waals surface area (Å²) in [5.41, 5.74) is 4.71. The van der Waals surface area contributed by atoms with Crippen LogP contribution in [0.3, 0.4) is 0 Å². The van der Waals surface area contributed by atoms with Crippen molar-refractivity contribution < 1.29 is 9.53 Å². The largest absolute Gasteiger partial charge is 0.379 e. The smallest absolute Gasteiger partial charge is 0.251 e. The van der Waals surface area contributed by atoms with E-state index in [4.69, 9.17) is 4.74 Å². The lowest BCUT2D eigenvalue weighted by Gasteiger charge is -2.35. The summed E-state index contributed by atoms with van der Waals surface area (Å²) in [7, 11) is 2.14. The van der Waals surface area contributed by atoms with Crippen molar-refractivity contribution in [2.75, 3.05) is 51.3 Å². The molecule has 5 heteroatoms. The molecule has 0 spiro atoms. The van der Waals surface area contributed by atoms with Crippen molar-refractivity contribution in [1.29, 1.82) is 0 Å². The molecule has 0 aromatic heterocycles. The fraction of sp³-hybridized carbons (Fsp3) is 0.409. The second kappa shape index (κ2) is 8.11. The van der Waals surface area contributed by atoms with Crippen molar-refractivity contribution in [2.45, 2.75) is 12.5 Å². The third kappa shape index (κ3) is 3.99. The number of hydrogen-bond acceptors (Lipinski definition) is 4. The Balaban J connectivity index is 1.53. The number of nitrogens with zero attached hydrogens (tertiary/aromatic N) is 2. The van der Waals surface area contributed by atoms with Gasteiger partial charge in [-0.15, -0.1) is 0 Å². The van der Waals surface area contributed by atoms with E-state index in [9.17, 15) is 4.79 Å². The summed E-state index contributed by atoms with van der Waals surface area (Å²) in [4.78, 5) is 17.3. The van der Waals surface area contributed by atoms with E-state index < -0.39 is 0 Å². The molecule has 0 unspecified atom stereocenters. The lowest BCUT2D eigenvalue weighted by molar-refractivity contribution is 0.0162. The first kappa shape index (κ1) is 18.0. The Morgan fingerprint density at radius 1 is 1.11 bits per heavy atom. The first-order valence-electron chi connectivity index (χ1n) is 9.71. The number of benzene rings is 2. The highest BCUT2D eigenvalue weighted by molar-refractivity contribution is 5.94. The van der Waals surface area contributed by atoms with Crippen LogP contribution >= 0.6 is 0 Å². The molecule has 4 rings (SSSR count). The van der Waals surface area contributed by atoms with Crippen LogP contribution < -0.4 is 10.2 Å². The van der Waals surface area contributed by atoms with Gasteiger partial charge in [0.25, 0.3) is 5.91 Å². The van der Waals surface area contributed by atoms with Crippen LogP contribution in [0, 0.1) is 0 Å². The Morgan fingerprint density at radius 3 is 2.67 bits per heavy atom. The summed E-state index contributed by atoms with van der Waals surface area (Å²) in [5.74, 6) is -0.0187. The normalized spacial score (nSPS) is 18.2. The second-order valence-electron chi connectivity index (χ2n) is 7.30. The van der Waals surface area contributed by atoms with Crippen LogP contribution in [0.2, 0.25) is 0 Å². The highest BCUT2D eigenvalue weighted by Crippen LogP contribution is 2.31. The van der Waals surface area contributed by atoms with Crippen molar-refractivity contribution in [1.82, 2.24) is 10.2 Å². The molecule has 1 saturated heterocycles. The van der Waals surface area contributed by atoms with Crippen LogP contribution in [0.1, 0.15) is 27.5 Å². The van der Waals surface area contributed by atoms with Gasteiger partial charge in [0.15, 0.2) is 0 Å². The maximum absolute atomic E-state index is 12.5. The van der Waals surface area contributed by atoms with Gasteiger partial charge in [-0.2, -0.15) is 0 Å². The Labute approximate surface area is 160 Å². The van der Waals surface area contributed by atoms with Crippen LogP contribution in [-0.2, 0) is 11.2 Å². The molecule has 5 nitrogen and oxygen atoms in total. The number of likely N-dealkylation sites (N-methyl/N-ethyl adjacent to an activating group) is 1. The van der Waals surface area contributed by atoms with Gasteiger partial charge in [-0.3, -0.25) is 9.69 Å². The first-order valence-corrected chi connectivity index (χ1v) is 9.71.